The van der Waals surface area contributed by atoms with E-state index in [0.29, 0.717) is 11.5 Å². The average molecular weight is 291 g/mol. The molecule has 1 aromatic heterocycles. The fourth-order valence-electron chi connectivity index (χ4n) is 2.16. The van der Waals surface area contributed by atoms with Gasteiger partial charge in [-0.15, -0.1) is 0 Å². The Balaban J connectivity index is 2.14. The molecule has 0 atom stereocenters. The normalized spacial score (nSPS) is 10.9. The van der Waals surface area contributed by atoms with Crippen molar-refractivity contribution in [2.75, 3.05) is 0 Å². The van der Waals surface area contributed by atoms with E-state index in [2.05, 4.69) is 29.9 Å². The highest BCUT2D eigenvalue weighted by Gasteiger charge is 2.11. The minimum absolute atomic E-state index is 0.240. The zero-order valence-electron chi connectivity index (χ0n) is 12.5. The van der Waals surface area contributed by atoms with Crippen molar-refractivity contribution in [3.63, 3.8) is 0 Å². The van der Waals surface area contributed by atoms with E-state index in [9.17, 15) is 4.39 Å². The predicted molar refractivity (Wildman–Crippen MR) is 85.8 cm³/mol. The van der Waals surface area contributed by atoms with Gasteiger partial charge in [-0.25, -0.2) is 14.4 Å². The summed E-state index contributed by atoms with van der Waals surface area (Å²) in [6.45, 7) is 4.14. The summed E-state index contributed by atoms with van der Waals surface area (Å²) in [5.74, 6) is 0.650. The van der Waals surface area contributed by atoms with E-state index in [-0.39, 0.29) is 11.7 Å². The van der Waals surface area contributed by atoms with Crippen LogP contribution < -0.4 is 0 Å². The highest BCUT2D eigenvalue weighted by molar-refractivity contribution is 5.63. The van der Waals surface area contributed by atoms with Gasteiger partial charge in [0, 0.05) is 17.2 Å². The lowest BCUT2D eigenvalue weighted by molar-refractivity contribution is 0.628. The number of halogens is 1. The Morgan fingerprint density at radius 1 is 0.864 bits per heavy atom. The molecular formula is C19H16FN2. The van der Waals surface area contributed by atoms with Crippen molar-refractivity contribution in [1.29, 1.82) is 0 Å². The van der Waals surface area contributed by atoms with Crippen molar-refractivity contribution in [2.24, 2.45) is 0 Å². The van der Waals surface area contributed by atoms with Crippen molar-refractivity contribution in [3.8, 4) is 22.6 Å². The average Bonchev–Trinajstić information content (AvgIpc) is 2.56. The van der Waals surface area contributed by atoms with Crippen LogP contribution in [0.3, 0.4) is 0 Å². The van der Waals surface area contributed by atoms with Crippen molar-refractivity contribution in [1.82, 2.24) is 9.97 Å². The number of aromatic nitrogens is 2. The van der Waals surface area contributed by atoms with E-state index in [1.54, 1.807) is 12.1 Å². The first-order valence-electron chi connectivity index (χ1n) is 7.26. The summed E-state index contributed by atoms with van der Waals surface area (Å²) in [7, 11) is 0. The Morgan fingerprint density at radius 2 is 1.55 bits per heavy atom. The summed E-state index contributed by atoms with van der Waals surface area (Å²) >= 11 is 0. The number of rotatable bonds is 3. The molecule has 0 aliphatic rings. The first kappa shape index (κ1) is 14.4. The zero-order valence-corrected chi connectivity index (χ0v) is 12.5. The number of nitrogens with zero attached hydrogens (tertiary/aromatic N) is 2. The lowest BCUT2D eigenvalue weighted by atomic mass is 10.1. The standard InChI is InChI=1S/C19H16FN2/c1-13(2)17-12-18(14-8-10-16(20)11-9-14)22-19(21-17)15-6-4-3-5-7-15/h3-11,13H,1-2H3. The first-order chi connectivity index (χ1) is 10.6. The lowest BCUT2D eigenvalue weighted by Gasteiger charge is -2.10. The van der Waals surface area contributed by atoms with E-state index in [1.807, 2.05) is 30.3 Å². The Morgan fingerprint density at radius 3 is 2.18 bits per heavy atom. The Hall–Kier alpha value is -2.55. The number of benzene rings is 2. The van der Waals surface area contributed by atoms with Crippen LogP contribution in [-0.4, -0.2) is 9.97 Å². The van der Waals surface area contributed by atoms with Gasteiger partial charge in [-0.05, 0) is 30.2 Å². The van der Waals surface area contributed by atoms with Crippen LogP contribution in [0.15, 0.2) is 54.6 Å². The number of hydrogen-bond acceptors (Lipinski definition) is 2. The van der Waals surface area contributed by atoms with Gasteiger partial charge in [0.2, 0.25) is 0 Å². The fourth-order valence-corrected chi connectivity index (χ4v) is 2.16. The van der Waals surface area contributed by atoms with Crippen LogP contribution in [0.2, 0.25) is 0 Å². The van der Waals surface area contributed by atoms with Gasteiger partial charge < -0.3 is 0 Å². The van der Waals surface area contributed by atoms with Gasteiger partial charge >= 0.3 is 0 Å². The van der Waals surface area contributed by atoms with Crippen LogP contribution >= 0.6 is 0 Å². The van der Waals surface area contributed by atoms with E-state index >= 15 is 0 Å². The minimum atomic E-state index is -0.259. The van der Waals surface area contributed by atoms with Gasteiger partial charge in [-0.1, -0.05) is 44.2 Å². The van der Waals surface area contributed by atoms with Crippen molar-refractivity contribution < 1.29 is 4.39 Å². The molecule has 0 amide bonds. The second-order valence-electron chi connectivity index (χ2n) is 5.43. The molecule has 0 N–H and O–H groups in total. The second kappa shape index (κ2) is 6.06. The van der Waals surface area contributed by atoms with E-state index in [1.165, 1.54) is 12.1 Å². The van der Waals surface area contributed by atoms with Crippen LogP contribution in [-0.2, 0) is 0 Å². The van der Waals surface area contributed by atoms with Crippen LogP contribution in [0.4, 0.5) is 4.39 Å². The molecule has 0 bridgehead atoms. The molecule has 0 saturated carbocycles. The molecule has 1 heterocycles. The molecule has 0 spiro atoms. The Kier molecular flexibility index (Phi) is 3.96. The van der Waals surface area contributed by atoms with E-state index in [0.717, 1.165) is 16.8 Å². The van der Waals surface area contributed by atoms with Crippen LogP contribution in [0.5, 0.6) is 0 Å². The molecule has 1 radical (unpaired) electrons. The first-order valence-corrected chi connectivity index (χ1v) is 7.26. The highest BCUT2D eigenvalue weighted by atomic mass is 19.1. The van der Waals surface area contributed by atoms with Gasteiger partial charge in [0.1, 0.15) is 5.82 Å². The van der Waals surface area contributed by atoms with Crippen molar-refractivity contribution in [2.45, 2.75) is 19.8 Å². The maximum absolute atomic E-state index is 13.1. The Labute approximate surface area is 129 Å². The molecule has 109 valence electrons. The monoisotopic (exact) mass is 291 g/mol. The SMILES string of the molecule is CC(C)c1[c]c(-c2ccc(F)cc2)nc(-c2ccccc2)n1. The van der Waals surface area contributed by atoms with Gasteiger partial charge in [0.15, 0.2) is 5.82 Å². The maximum atomic E-state index is 13.1. The smallest absolute Gasteiger partial charge is 0.160 e. The summed E-state index contributed by atoms with van der Waals surface area (Å²) < 4.78 is 13.1. The van der Waals surface area contributed by atoms with Gasteiger partial charge in [0.25, 0.3) is 0 Å². The summed E-state index contributed by atoms with van der Waals surface area (Å²) in [5.41, 5.74) is 3.34. The molecule has 0 fully saturated rings. The highest BCUT2D eigenvalue weighted by Crippen LogP contribution is 2.24. The third-order valence-corrected chi connectivity index (χ3v) is 3.39. The second-order valence-corrected chi connectivity index (χ2v) is 5.43. The molecule has 0 unspecified atom stereocenters. The predicted octanol–water partition coefficient (Wildman–Crippen LogP) is 4.87. The van der Waals surface area contributed by atoms with Gasteiger partial charge in [-0.3, -0.25) is 0 Å². The summed E-state index contributed by atoms with van der Waals surface area (Å²) in [6.07, 6.45) is 0. The lowest BCUT2D eigenvalue weighted by Crippen LogP contribution is -2.00. The molecule has 22 heavy (non-hydrogen) atoms. The van der Waals surface area contributed by atoms with Crippen LogP contribution in [0.25, 0.3) is 22.6 Å². The molecule has 0 saturated heterocycles. The molecular weight excluding hydrogens is 275 g/mol. The van der Waals surface area contributed by atoms with Gasteiger partial charge in [0.05, 0.1) is 11.4 Å². The molecule has 3 aromatic rings. The molecule has 0 aliphatic carbocycles. The molecule has 3 heteroatoms. The summed E-state index contributed by atoms with van der Waals surface area (Å²) in [5, 5.41) is 0. The van der Waals surface area contributed by atoms with Crippen molar-refractivity contribution >= 4 is 0 Å². The zero-order chi connectivity index (χ0) is 15.5. The quantitative estimate of drug-likeness (QED) is 0.687. The topological polar surface area (TPSA) is 25.8 Å². The molecule has 2 aromatic carbocycles. The van der Waals surface area contributed by atoms with Crippen molar-refractivity contribution in [3.05, 3.63) is 72.2 Å². The largest absolute Gasteiger partial charge is 0.232 e. The van der Waals surface area contributed by atoms with E-state index < -0.39 is 0 Å². The third kappa shape index (κ3) is 3.03. The Bertz CT molecular complexity index is 765. The maximum Gasteiger partial charge on any atom is 0.160 e. The van der Waals surface area contributed by atoms with Crippen LogP contribution in [0, 0.1) is 11.9 Å². The minimum Gasteiger partial charge on any atom is -0.232 e. The fraction of sp³-hybridized carbons (Fsp3) is 0.158. The molecule has 0 aliphatic heterocycles. The summed E-state index contributed by atoms with van der Waals surface area (Å²) in [6, 6.07) is 19.4. The van der Waals surface area contributed by atoms with Crippen LogP contribution in [0.1, 0.15) is 25.5 Å². The molecule has 2 nitrogen and oxygen atoms in total. The van der Waals surface area contributed by atoms with E-state index in [4.69, 9.17) is 0 Å². The number of hydrogen-bond donors (Lipinski definition) is 0. The summed E-state index contributed by atoms with van der Waals surface area (Å²) in [4.78, 5) is 9.20. The third-order valence-electron chi connectivity index (χ3n) is 3.39. The molecule has 3 rings (SSSR count). The van der Waals surface area contributed by atoms with Gasteiger partial charge in [-0.2, -0.15) is 0 Å².